The van der Waals surface area contributed by atoms with Crippen molar-refractivity contribution in [1.82, 2.24) is 19.4 Å². The summed E-state index contributed by atoms with van der Waals surface area (Å²) in [6.45, 7) is 5.98. The number of rotatable bonds is 5. The van der Waals surface area contributed by atoms with Gasteiger partial charge >= 0.3 is 0 Å². The van der Waals surface area contributed by atoms with Crippen LogP contribution in [0.4, 0.5) is 0 Å². The van der Waals surface area contributed by atoms with Crippen LogP contribution in [0.2, 0.25) is 0 Å². The SMILES string of the molecule is CCN(CC)C(=O)CCn1c(=S)[nH]c2cc(Br)cnc21. The van der Waals surface area contributed by atoms with Gasteiger partial charge in [0.15, 0.2) is 10.4 Å². The summed E-state index contributed by atoms with van der Waals surface area (Å²) in [5.74, 6) is 0.142. The molecular formula is C13H17BrN4OS. The molecule has 0 atom stereocenters. The second kappa shape index (κ2) is 6.49. The lowest BCUT2D eigenvalue weighted by molar-refractivity contribution is -0.131. The van der Waals surface area contributed by atoms with Crippen LogP contribution >= 0.6 is 28.1 Å². The fourth-order valence-corrected chi connectivity index (χ4v) is 2.79. The number of aromatic nitrogens is 3. The molecule has 2 aromatic rings. The predicted octanol–water partition coefficient (Wildman–Crippen LogP) is 3.11. The summed E-state index contributed by atoms with van der Waals surface area (Å²) in [6, 6.07) is 1.93. The van der Waals surface area contributed by atoms with Gasteiger partial charge in [-0.2, -0.15) is 0 Å². The van der Waals surface area contributed by atoms with E-state index in [1.807, 2.05) is 29.4 Å². The molecule has 20 heavy (non-hydrogen) atoms. The first-order valence-corrected chi connectivity index (χ1v) is 7.78. The van der Waals surface area contributed by atoms with Gasteiger partial charge in [-0.1, -0.05) is 0 Å². The standard InChI is InChI=1S/C13H17BrN4OS/c1-3-17(4-2)11(19)5-6-18-12-10(16-13(18)20)7-9(14)8-15-12/h7-8H,3-6H2,1-2H3,(H,16,20). The Morgan fingerprint density at radius 2 is 2.20 bits per heavy atom. The minimum Gasteiger partial charge on any atom is -0.343 e. The number of H-pyrrole nitrogens is 1. The highest BCUT2D eigenvalue weighted by molar-refractivity contribution is 9.10. The zero-order chi connectivity index (χ0) is 14.7. The molecule has 2 heterocycles. The topological polar surface area (TPSA) is 53.9 Å². The van der Waals surface area contributed by atoms with E-state index in [4.69, 9.17) is 12.2 Å². The Balaban J connectivity index is 2.20. The fourth-order valence-electron chi connectivity index (χ4n) is 2.17. The third-order valence-electron chi connectivity index (χ3n) is 3.24. The van der Waals surface area contributed by atoms with Gasteiger partial charge in [0.1, 0.15) is 0 Å². The van der Waals surface area contributed by atoms with Crippen LogP contribution in [0.15, 0.2) is 16.7 Å². The zero-order valence-electron chi connectivity index (χ0n) is 11.5. The summed E-state index contributed by atoms with van der Waals surface area (Å²) in [5.41, 5.74) is 1.66. The summed E-state index contributed by atoms with van der Waals surface area (Å²) in [5, 5.41) is 0. The summed E-state index contributed by atoms with van der Waals surface area (Å²) in [7, 11) is 0. The molecule has 1 N–H and O–H groups in total. The highest BCUT2D eigenvalue weighted by Gasteiger charge is 2.12. The number of imidazole rings is 1. The number of amides is 1. The lowest BCUT2D eigenvalue weighted by Crippen LogP contribution is -2.31. The van der Waals surface area contributed by atoms with Gasteiger partial charge in [-0.05, 0) is 48.1 Å². The van der Waals surface area contributed by atoms with Gasteiger partial charge in [-0.15, -0.1) is 0 Å². The number of halogens is 1. The summed E-state index contributed by atoms with van der Waals surface area (Å²) < 4.78 is 3.36. The predicted molar refractivity (Wildman–Crippen MR) is 85.2 cm³/mol. The largest absolute Gasteiger partial charge is 0.343 e. The zero-order valence-corrected chi connectivity index (χ0v) is 13.9. The van der Waals surface area contributed by atoms with Crippen LogP contribution in [-0.2, 0) is 11.3 Å². The molecule has 108 valence electrons. The Morgan fingerprint density at radius 1 is 1.50 bits per heavy atom. The average molecular weight is 357 g/mol. The van der Waals surface area contributed by atoms with Crippen molar-refractivity contribution >= 4 is 45.2 Å². The second-order valence-corrected chi connectivity index (χ2v) is 5.72. The van der Waals surface area contributed by atoms with Gasteiger partial charge in [0.05, 0.1) is 5.52 Å². The van der Waals surface area contributed by atoms with Gasteiger partial charge in [0, 0.05) is 36.7 Å². The maximum Gasteiger partial charge on any atom is 0.224 e. The maximum absolute atomic E-state index is 12.0. The molecule has 2 aromatic heterocycles. The van der Waals surface area contributed by atoms with Crippen molar-refractivity contribution in [3.05, 3.63) is 21.5 Å². The number of aryl methyl sites for hydroxylation is 1. The Morgan fingerprint density at radius 3 is 2.85 bits per heavy atom. The Labute approximate surface area is 131 Å². The molecule has 0 aromatic carbocycles. The molecule has 1 amide bonds. The number of fused-ring (bicyclic) bond motifs is 1. The number of aromatic amines is 1. The van der Waals surface area contributed by atoms with Crippen LogP contribution in [0, 0.1) is 4.77 Å². The van der Waals surface area contributed by atoms with Crippen LogP contribution in [0.5, 0.6) is 0 Å². The number of pyridine rings is 1. The van der Waals surface area contributed by atoms with Gasteiger partial charge in [-0.25, -0.2) is 4.98 Å². The molecule has 7 heteroatoms. The third-order valence-corrected chi connectivity index (χ3v) is 4.00. The number of carbonyl (C=O) groups is 1. The van der Waals surface area contributed by atoms with Crippen molar-refractivity contribution < 1.29 is 4.79 Å². The molecule has 0 spiro atoms. The summed E-state index contributed by atoms with van der Waals surface area (Å²) in [4.78, 5) is 21.3. The molecule has 0 radical (unpaired) electrons. The van der Waals surface area contributed by atoms with E-state index >= 15 is 0 Å². The van der Waals surface area contributed by atoms with Crippen molar-refractivity contribution in [2.45, 2.75) is 26.8 Å². The first kappa shape index (κ1) is 15.2. The van der Waals surface area contributed by atoms with E-state index in [0.29, 0.717) is 17.7 Å². The van der Waals surface area contributed by atoms with E-state index in [1.54, 1.807) is 6.20 Å². The van der Waals surface area contributed by atoms with Gasteiger partial charge < -0.3 is 14.5 Å². The Kier molecular flexibility index (Phi) is 4.93. The molecule has 0 aliphatic heterocycles. The van der Waals surface area contributed by atoms with Crippen LogP contribution in [0.1, 0.15) is 20.3 Å². The lowest BCUT2D eigenvalue weighted by atomic mass is 10.3. The normalized spacial score (nSPS) is 10.9. The van der Waals surface area contributed by atoms with Crippen LogP contribution in [0.3, 0.4) is 0 Å². The lowest BCUT2D eigenvalue weighted by Gasteiger charge is -2.18. The third kappa shape index (κ3) is 3.09. The Bertz CT molecular complexity index is 675. The number of carbonyl (C=O) groups excluding carboxylic acids is 1. The van der Waals surface area contributed by atoms with E-state index in [9.17, 15) is 4.79 Å². The van der Waals surface area contributed by atoms with Gasteiger partial charge in [0.25, 0.3) is 0 Å². The molecule has 0 saturated heterocycles. The number of hydrogen-bond acceptors (Lipinski definition) is 3. The molecule has 0 aliphatic carbocycles. The average Bonchev–Trinajstić information content (AvgIpc) is 2.72. The highest BCUT2D eigenvalue weighted by atomic mass is 79.9. The maximum atomic E-state index is 12.0. The smallest absolute Gasteiger partial charge is 0.224 e. The van der Waals surface area contributed by atoms with Gasteiger partial charge in [0.2, 0.25) is 5.91 Å². The first-order chi connectivity index (χ1) is 9.56. The van der Waals surface area contributed by atoms with E-state index in [2.05, 4.69) is 25.9 Å². The number of hydrogen-bond donors (Lipinski definition) is 1. The van der Waals surface area contributed by atoms with E-state index in [0.717, 1.165) is 28.7 Å². The molecule has 5 nitrogen and oxygen atoms in total. The van der Waals surface area contributed by atoms with Crippen molar-refractivity contribution in [2.24, 2.45) is 0 Å². The van der Waals surface area contributed by atoms with E-state index < -0.39 is 0 Å². The molecule has 0 bridgehead atoms. The summed E-state index contributed by atoms with van der Waals surface area (Å²) >= 11 is 8.68. The molecule has 0 unspecified atom stereocenters. The minimum atomic E-state index is 0.142. The fraction of sp³-hybridized carbons (Fsp3) is 0.462. The number of nitrogens with one attached hydrogen (secondary N) is 1. The Hall–Kier alpha value is -1.21. The van der Waals surface area contributed by atoms with Crippen molar-refractivity contribution in [1.29, 1.82) is 0 Å². The van der Waals surface area contributed by atoms with Crippen LogP contribution < -0.4 is 0 Å². The molecule has 0 aliphatic rings. The molecular weight excluding hydrogens is 340 g/mol. The van der Waals surface area contributed by atoms with Crippen LogP contribution in [0.25, 0.3) is 11.2 Å². The van der Waals surface area contributed by atoms with Gasteiger partial charge in [-0.3, -0.25) is 4.79 Å². The molecule has 2 rings (SSSR count). The quantitative estimate of drug-likeness (QED) is 0.837. The van der Waals surface area contributed by atoms with E-state index in [-0.39, 0.29) is 5.91 Å². The molecule has 0 saturated carbocycles. The second-order valence-electron chi connectivity index (χ2n) is 4.42. The molecule has 0 fully saturated rings. The van der Waals surface area contributed by atoms with Crippen LogP contribution in [-0.4, -0.2) is 38.4 Å². The first-order valence-electron chi connectivity index (χ1n) is 6.58. The van der Waals surface area contributed by atoms with Crippen molar-refractivity contribution in [3.63, 3.8) is 0 Å². The summed E-state index contributed by atoms with van der Waals surface area (Å²) in [6.07, 6.45) is 2.16. The van der Waals surface area contributed by atoms with Crippen molar-refractivity contribution in [3.8, 4) is 0 Å². The van der Waals surface area contributed by atoms with E-state index in [1.165, 1.54) is 0 Å². The highest BCUT2D eigenvalue weighted by Crippen LogP contribution is 2.17. The minimum absolute atomic E-state index is 0.142. The van der Waals surface area contributed by atoms with Crippen molar-refractivity contribution in [2.75, 3.05) is 13.1 Å². The number of nitrogens with zero attached hydrogens (tertiary/aromatic N) is 3. The monoisotopic (exact) mass is 356 g/mol.